The second-order valence-corrected chi connectivity index (χ2v) is 4.83. The molecule has 0 aromatic carbocycles. The number of nitrogens with one attached hydrogen (secondary N) is 1. The Hall–Kier alpha value is -1.15. The fourth-order valence-electron chi connectivity index (χ4n) is 2.08. The summed E-state index contributed by atoms with van der Waals surface area (Å²) in [5, 5.41) is 7.08. The van der Waals surface area contributed by atoms with Crippen molar-refractivity contribution >= 4 is 0 Å². The van der Waals surface area contributed by atoms with Crippen LogP contribution in [0, 0.1) is 0 Å². The lowest BCUT2D eigenvalue weighted by molar-refractivity contribution is -0.173. The Labute approximate surface area is 122 Å². The molecule has 0 aliphatic rings. The van der Waals surface area contributed by atoms with Gasteiger partial charge in [0.05, 0.1) is 12.5 Å². The molecule has 1 aromatic rings. The van der Waals surface area contributed by atoms with Gasteiger partial charge in [0.25, 0.3) is 0 Å². The number of alkyl halides is 3. The molecule has 122 valence electrons. The molecule has 0 aliphatic heterocycles. The Morgan fingerprint density at radius 3 is 2.62 bits per heavy atom. The van der Waals surface area contributed by atoms with Gasteiger partial charge >= 0.3 is 6.18 Å². The predicted molar refractivity (Wildman–Crippen MR) is 71.0 cm³/mol. The van der Waals surface area contributed by atoms with E-state index in [0.29, 0.717) is 11.7 Å². The number of ether oxygens (including phenoxy) is 1. The highest BCUT2D eigenvalue weighted by Gasteiger charge is 2.27. The van der Waals surface area contributed by atoms with Crippen LogP contribution in [0.3, 0.4) is 0 Å². The van der Waals surface area contributed by atoms with Crippen molar-refractivity contribution in [3.8, 4) is 0 Å². The van der Waals surface area contributed by atoms with E-state index in [0.717, 1.165) is 13.0 Å². The summed E-state index contributed by atoms with van der Waals surface area (Å²) in [4.78, 5) is 4.24. The summed E-state index contributed by atoms with van der Waals surface area (Å²) in [6, 6.07) is 0.190. The van der Waals surface area contributed by atoms with Crippen molar-refractivity contribution in [3.05, 3.63) is 11.7 Å². The maximum atomic E-state index is 11.9. The zero-order valence-corrected chi connectivity index (χ0v) is 12.5. The lowest BCUT2D eigenvalue weighted by atomic mass is 9.98. The number of nitrogens with zero attached hydrogens (tertiary/aromatic N) is 2. The highest BCUT2D eigenvalue weighted by Crippen LogP contribution is 2.22. The molecular weight excluding hydrogens is 287 g/mol. The van der Waals surface area contributed by atoms with Crippen LogP contribution in [0.4, 0.5) is 13.2 Å². The van der Waals surface area contributed by atoms with Crippen molar-refractivity contribution < 1.29 is 22.4 Å². The lowest BCUT2D eigenvalue weighted by Gasteiger charge is -2.19. The molecule has 0 saturated heterocycles. The van der Waals surface area contributed by atoms with Crippen LogP contribution >= 0.6 is 0 Å². The van der Waals surface area contributed by atoms with Crippen molar-refractivity contribution in [2.45, 2.75) is 51.7 Å². The molecule has 1 heterocycles. The highest BCUT2D eigenvalue weighted by molar-refractivity contribution is 4.98. The molecule has 0 fully saturated rings. The summed E-state index contributed by atoms with van der Waals surface area (Å²) >= 11 is 0. The summed E-state index contributed by atoms with van der Waals surface area (Å²) in [7, 11) is 0. The van der Waals surface area contributed by atoms with E-state index in [-0.39, 0.29) is 25.0 Å². The number of likely N-dealkylation sites (N-methyl/N-ethyl adjacent to an activating group) is 1. The Balaban J connectivity index is 2.48. The fraction of sp³-hybridized carbons (Fsp3) is 0.846. The minimum absolute atomic E-state index is 0.0853. The quantitative estimate of drug-likeness (QED) is 0.711. The Bertz CT molecular complexity index is 410. The van der Waals surface area contributed by atoms with Crippen LogP contribution < -0.4 is 5.32 Å². The third-order valence-corrected chi connectivity index (χ3v) is 3.11. The average Bonchev–Trinajstić information content (AvgIpc) is 2.83. The largest absolute Gasteiger partial charge is 0.411 e. The van der Waals surface area contributed by atoms with E-state index in [1.807, 2.05) is 20.8 Å². The molecule has 0 bridgehead atoms. The van der Waals surface area contributed by atoms with Gasteiger partial charge in [-0.05, 0) is 19.9 Å². The molecule has 1 N–H and O–H groups in total. The molecule has 2 unspecified atom stereocenters. The van der Waals surface area contributed by atoms with Gasteiger partial charge in [0, 0.05) is 12.5 Å². The first-order valence-electron chi connectivity index (χ1n) is 7.07. The van der Waals surface area contributed by atoms with E-state index >= 15 is 0 Å². The van der Waals surface area contributed by atoms with Gasteiger partial charge in [-0.2, -0.15) is 18.2 Å². The summed E-state index contributed by atoms with van der Waals surface area (Å²) in [5.74, 6) is 0.966. The van der Waals surface area contributed by atoms with Crippen LogP contribution in [-0.4, -0.2) is 42.1 Å². The standard InChI is InChI=1S/C13H22F3N3O2/c1-4-10(9(3)17-5-2)12-18-11(19-21-12)6-7-20-8-13(14,15)16/h9-10,17H,4-8H2,1-3H3. The average molecular weight is 309 g/mol. The smallest absolute Gasteiger partial charge is 0.372 e. The first-order chi connectivity index (χ1) is 9.87. The van der Waals surface area contributed by atoms with E-state index in [1.165, 1.54) is 0 Å². The fourth-order valence-corrected chi connectivity index (χ4v) is 2.08. The van der Waals surface area contributed by atoms with Crippen molar-refractivity contribution in [1.29, 1.82) is 0 Å². The molecule has 21 heavy (non-hydrogen) atoms. The minimum atomic E-state index is -4.31. The maximum absolute atomic E-state index is 11.9. The summed E-state index contributed by atoms with van der Waals surface area (Å²) in [6.07, 6.45) is -3.27. The Morgan fingerprint density at radius 1 is 1.33 bits per heavy atom. The number of aromatic nitrogens is 2. The van der Waals surface area contributed by atoms with Gasteiger partial charge in [-0.1, -0.05) is 19.0 Å². The number of hydrogen-bond acceptors (Lipinski definition) is 5. The van der Waals surface area contributed by atoms with E-state index < -0.39 is 12.8 Å². The lowest BCUT2D eigenvalue weighted by Crippen LogP contribution is -2.31. The van der Waals surface area contributed by atoms with Crippen LogP contribution in [0.1, 0.15) is 44.8 Å². The van der Waals surface area contributed by atoms with Gasteiger partial charge < -0.3 is 14.6 Å². The summed E-state index contributed by atoms with van der Waals surface area (Å²) < 4.78 is 45.5. The van der Waals surface area contributed by atoms with Crippen molar-refractivity contribution in [2.24, 2.45) is 0 Å². The highest BCUT2D eigenvalue weighted by atomic mass is 19.4. The van der Waals surface area contributed by atoms with Gasteiger partial charge in [0.1, 0.15) is 6.61 Å². The normalized spacial score (nSPS) is 15.1. The number of rotatable bonds is 9. The molecule has 0 radical (unpaired) electrons. The first kappa shape index (κ1) is 17.9. The van der Waals surface area contributed by atoms with Crippen LogP contribution in [0.5, 0.6) is 0 Å². The van der Waals surface area contributed by atoms with Crippen LogP contribution in [0.15, 0.2) is 4.52 Å². The van der Waals surface area contributed by atoms with E-state index in [4.69, 9.17) is 4.52 Å². The molecule has 2 atom stereocenters. The molecule has 0 spiro atoms. The maximum Gasteiger partial charge on any atom is 0.411 e. The van der Waals surface area contributed by atoms with Crippen molar-refractivity contribution in [2.75, 3.05) is 19.8 Å². The topological polar surface area (TPSA) is 60.2 Å². The monoisotopic (exact) mass is 309 g/mol. The van der Waals surface area contributed by atoms with Crippen LogP contribution in [0.2, 0.25) is 0 Å². The van der Waals surface area contributed by atoms with Crippen molar-refractivity contribution in [3.63, 3.8) is 0 Å². The van der Waals surface area contributed by atoms with E-state index in [2.05, 4.69) is 20.2 Å². The molecule has 1 aromatic heterocycles. The minimum Gasteiger partial charge on any atom is -0.372 e. The number of hydrogen-bond donors (Lipinski definition) is 1. The molecule has 8 heteroatoms. The van der Waals surface area contributed by atoms with Crippen molar-refractivity contribution in [1.82, 2.24) is 15.5 Å². The molecule has 0 saturated carbocycles. The van der Waals surface area contributed by atoms with Gasteiger partial charge in [0.2, 0.25) is 5.89 Å². The SMILES string of the molecule is CCNC(C)C(CC)c1nc(CCOCC(F)(F)F)no1. The molecule has 0 aliphatic carbocycles. The van der Waals surface area contributed by atoms with Gasteiger partial charge in [-0.15, -0.1) is 0 Å². The zero-order valence-electron chi connectivity index (χ0n) is 12.5. The third kappa shape index (κ3) is 6.43. The molecule has 5 nitrogen and oxygen atoms in total. The van der Waals surface area contributed by atoms with Gasteiger partial charge in [0.15, 0.2) is 5.82 Å². The zero-order chi connectivity index (χ0) is 15.9. The van der Waals surface area contributed by atoms with E-state index in [9.17, 15) is 13.2 Å². The number of halogens is 3. The van der Waals surface area contributed by atoms with Gasteiger partial charge in [-0.3, -0.25) is 0 Å². The first-order valence-corrected chi connectivity index (χ1v) is 7.07. The second kappa shape index (κ2) is 8.33. The Morgan fingerprint density at radius 2 is 2.05 bits per heavy atom. The predicted octanol–water partition coefficient (Wildman–Crippen LogP) is 2.68. The second-order valence-electron chi connectivity index (χ2n) is 4.83. The molecular formula is C13H22F3N3O2. The van der Waals surface area contributed by atoms with E-state index in [1.54, 1.807) is 0 Å². The third-order valence-electron chi connectivity index (χ3n) is 3.11. The van der Waals surface area contributed by atoms with Crippen LogP contribution in [-0.2, 0) is 11.2 Å². The summed E-state index contributed by atoms with van der Waals surface area (Å²) in [5.41, 5.74) is 0. The van der Waals surface area contributed by atoms with Gasteiger partial charge in [-0.25, -0.2) is 0 Å². The molecule has 0 amide bonds. The molecule has 1 rings (SSSR count). The Kier molecular flexibility index (Phi) is 7.10. The summed E-state index contributed by atoms with van der Waals surface area (Å²) in [6.45, 7) is 5.57. The van der Waals surface area contributed by atoms with Crippen LogP contribution in [0.25, 0.3) is 0 Å².